The van der Waals surface area contributed by atoms with Gasteiger partial charge < -0.3 is 11.1 Å². The number of carbonyl (C=O) groups is 1. The molecule has 0 unspecified atom stereocenters. The fraction of sp³-hybridized carbons (Fsp3) is 0.214. The lowest BCUT2D eigenvalue weighted by atomic mass is 10.1. The van der Waals surface area contributed by atoms with Crippen molar-refractivity contribution in [1.82, 2.24) is 5.32 Å². The van der Waals surface area contributed by atoms with Gasteiger partial charge in [-0.25, -0.2) is 0 Å². The molecule has 0 atom stereocenters. The summed E-state index contributed by atoms with van der Waals surface area (Å²) < 4.78 is 0.810. The zero-order valence-corrected chi connectivity index (χ0v) is 13.0. The van der Waals surface area contributed by atoms with Gasteiger partial charge in [0.05, 0.1) is 4.34 Å². The molecule has 0 radical (unpaired) electrons. The van der Waals surface area contributed by atoms with E-state index in [0.29, 0.717) is 17.1 Å². The highest BCUT2D eigenvalue weighted by Crippen LogP contribution is 2.21. The number of thiophene rings is 1. The molecule has 6 heteroatoms. The van der Waals surface area contributed by atoms with Gasteiger partial charge in [0.25, 0.3) is 0 Å². The predicted octanol–water partition coefficient (Wildman–Crippen LogP) is 3.49. The second kappa shape index (κ2) is 7.09. The van der Waals surface area contributed by atoms with Crippen LogP contribution in [0, 0.1) is 0 Å². The number of amides is 1. The van der Waals surface area contributed by atoms with E-state index in [0.717, 1.165) is 22.9 Å². The van der Waals surface area contributed by atoms with Crippen LogP contribution in [-0.2, 0) is 13.0 Å². The molecule has 0 aliphatic carbocycles. The normalized spacial score (nSPS) is 10.7. The molecule has 0 aliphatic heterocycles. The molecule has 1 amide bonds. The van der Waals surface area contributed by atoms with Gasteiger partial charge >= 0.3 is 0 Å². The first-order chi connectivity index (χ1) is 9.56. The second-order valence-corrected chi connectivity index (χ2v) is 6.51. The van der Waals surface area contributed by atoms with Gasteiger partial charge in [0.1, 0.15) is 0 Å². The van der Waals surface area contributed by atoms with Crippen molar-refractivity contribution in [3.63, 3.8) is 0 Å². The van der Waals surface area contributed by atoms with Gasteiger partial charge in [0.15, 0.2) is 0 Å². The van der Waals surface area contributed by atoms with Gasteiger partial charge in [-0.05, 0) is 36.2 Å². The minimum atomic E-state index is -0.471. The molecule has 0 saturated carbocycles. The van der Waals surface area contributed by atoms with Crippen LogP contribution >= 0.6 is 34.5 Å². The van der Waals surface area contributed by atoms with E-state index in [9.17, 15) is 4.79 Å². The van der Waals surface area contributed by atoms with Crippen molar-refractivity contribution in [1.29, 1.82) is 0 Å². The van der Waals surface area contributed by atoms with Crippen LogP contribution in [0.4, 0.5) is 0 Å². The summed E-state index contributed by atoms with van der Waals surface area (Å²) >= 11 is 13.6. The summed E-state index contributed by atoms with van der Waals surface area (Å²) in [5.74, 6) is -0.471. The third kappa shape index (κ3) is 4.21. The molecule has 3 N–H and O–H groups in total. The zero-order chi connectivity index (χ0) is 14.5. The maximum atomic E-state index is 11.0. The molecular formula is C14H14Cl2N2OS. The van der Waals surface area contributed by atoms with Gasteiger partial charge in [-0.3, -0.25) is 4.79 Å². The number of nitrogens with two attached hydrogens (primary N) is 1. The van der Waals surface area contributed by atoms with Crippen LogP contribution in [0.5, 0.6) is 0 Å². The Hall–Kier alpha value is -1.07. The van der Waals surface area contributed by atoms with Crippen molar-refractivity contribution in [2.75, 3.05) is 6.54 Å². The number of rotatable bonds is 6. The van der Waals surface area contributed by atoms with Gasteiger partial charge in [-0.15, -0.1) is 11.3 Å². The van der Waals surface area contributed by atoms with Crippen molar-refractivity contribution >= 4 is 40.4 Å². The molecule has 0 bridgehead atoms. The first-order valence-corrected chi connectivity index (χ1v) is 7.66. The van der Waals surface area contributed by atoms with Crippen LogP contribution < -0.4 is 11.1 Å². The fourth-order valence-corrected chi connectivity index (χ4v) is 3.10. The average molecular weight is 329 g/mol. The van der Waals surface area contributed by atoms with Gasteiger partial charge in [-0.1, -0.05) is 29.3 Å². The SMILES string of the molecule is NC(=O)c1ccc(CNCCc2ccc(Cl)s2)c(Cl)c1. The monoisotopic (exact) mass is 328 g/mol. The Morgan fingerprint density at radius 2 is 2.05 bits per heavy atom. The van der Waals surface area contributed by atoms with E-state index in [1.165, 1.54) is 4.88 Å². The van der Waals surface area contributed by atoms with Gasteiger partial charge in [0, 0.05) is 28.6 Å². The zero-order valence-electron chi connectivity index (χ0n) is 10.7. The summed E-state index contributed by atoms with van der Waals surface area (Å²) in [6.07, 6.45) is 0.925. The van der Waals surface area contributed by atoms with Gasteiger partial charge in [0.2, 0.25) is 5.91 Å². The van der Waals surface area contributed by atoms with Crippen LogP contribution in [0.2, 0.25) is 9.36 Å². The number of nitrogens with one attached hydrogen (secondary N) is 1. The number of hydrogen-bond donors (Lipinski definition) is 2. The van der Waals surface area contributed by atoms with E-state index in [4.69, 9.17) is 28.9 Å². The van der Waals surface area contributed by atoms with Crippen molar-refractivity contribution < 1.29 is 4.79 Å². The first kappa shape index (κ1) is 15.3. The molecule has 2 rings (SSSR count). The second-order valence-electron chi connectivity index (χ2n) is 4.30. The van der Waals surface area contributed by atoms with E-state index in [1.54, 1.807) is 23.5 Å². The van der Waals surface area contributed by atoms with Crippen LogP contribution in [0.3, 0.4) is 0 Å². The summed E-state index contributed by atoms with van der Waals surface area (Å²) in [6, 6.07) is 9.03. The highest BCUT2D eigenvalue weighted by molar-refractivity contribution is 7.16. The smallest absolute Gasteiger partial charge is 0.248 e. The lowest BCUT2D eigenvalue weighted by Crippen LogP contribution is -2.17. The van der Waals surface area contributed by atoms with E-state index in [1.807, 2.05) is 18.2 Å². The van der Waals surface area contributed by atoms with E-state index in [2.05, 4.69) is 5.32 Å². The number of hydrogen-bond acceptors (Lipinski definition) is 3. The summed E-state index contributed by atoms with van der Waals surface area (Å²) in [6.45, 7) is 1.49. The molecule has 0 fully saturated rings. The van der Waals surface area contributed by atoms with Crippen molar-refractivity contribution in [2.24, 2.45) is 5.73 Å². The topological polar surface area (TPSA) is 55.1 Å². The Morgan fingerprint density at radius 3 is 2.65 bits per heavy atom. The number of benzene rings is 1. The summed E-state index contributed by atoms with van der Waals surface area (Å²) in [4.78, 5) is 12.3. The third-order valence-corrected chi connectivity index (χ3v) is 4.47. The maximum Gasteiger partial charge on any atom is 0.248 e. The van der Waals surface area contributed by atoms with Crippen molar-refractivity contribution in [3.8, 4) is 0 Å². The molecule has 0 aliphatic rings. The van der Waals surface area contributed by atoms with Gasteiger partial charge in [-0.2, -0.15) is 0 Å². The fourth-order valence-electron chi connectivity index (χ4n) is 1.76. The minimum Gasteiger partial charge on any atom is -0.366 e. The molecule has 106 valence electrons. The predicted molar refractivity (Wildman–Crippen MR) is 84.7 cm³/mol. The maximum absolute atomic E-state index is 11.0. The Morgan fingerprint density at radius 1 is 1.25 bits per heavy atom. The first-order valence-electron chi connectivity index (χ1n) is 6.09. The standard InChI is InChI=1S/C14H14Cl2N2OS/c15-12-7-9(14(17)19)1-2-10(12)8-18-6-5-11-3-4-13(16)20-11/h1-4,7,18H,5-6,8H2,(H2,17,19). The van der Waals surface area contributed by atoms with E-state index in [-0.39, 0.29) is 0 Å². The van der Waals surface area contributed by atoms with Crippen LogP contribution in [0.15, 0.2) is 30.3 Å². The third-order valence-electron chi connectivity index (χ3n) is 2.83. The summed E-state index contributed by atoms with van der Waals surface area (Å²) in [5, 5.41) is 3.86. The highest BCUT2D eigenvalue weighted by atomic mass is 35.5. The van der Waals surface area contributed by atoms with Crippen LogP contribution in [0.25, 0.3) is 0 Å². The van der Waals surface area contributed by atoms with Crippen molar-refractivity contribution in [3.05, 3.63) is 55.7 Å². The molecule has 2 aromatic rings. The van der Waals surface area contributed by atoms with Crippen LogP contribution in [-0.4, -0.2) is 12.5 Å². The largest absolute Gasteiger partial charge is 0.366 e. The quantitative estimate of drug-likeness (QED) is 0.797. The molecule has 1 aromatic heterocycles. The Balaban J connectivity index is 1.83. The molecule has 3 nitrogen and oxygen atoms in total. The summed E-state index contributed by atoms with van der Waals surface area (Å²) in [5.41, 5.74) is 6.57. The number of primary amides is 1. The molecule has 1 aromatic carbocycles. The van der Waals surface area contributed by atoms with E-state index >= 15 is 0 Å². The number of carbonyl (C=O) groups excluding carboxylic acids is 1. The summed E-state index contributed by atoms with van der Waals surface area (Å²) in [7, 11) is 0. The average Bonchev–Trinajstić information content (AvgIpc) is 2.81. The highest BCUT2D eigenvalue weighted by Gasteiger charge is 2.05. The van der Waals surface area contributed by atoms with Crippen molar-refractivity contribution in [2.45, 2.75) is 13.0 Å². The molecule has 0 spiro atoms. The molecular weight excluding hydrogens is 315 g/mol. The number of halogens is 2. The Bertz CT molecular complexity index is 613. The lowest BCUT2D eigenvalue weighted by molar-refractivity contribution is 0.100. The molecule has 20 heavy (non-hydrogen) atoms. The Labute approximate surface area is 131 Å². The molecule has 0 saturated heterocycles. The minimum absolute atomic E-state index is 0.423. The van der Waals surface area contributed by atoms with E-state index < -0.39 is 5.91 Å². The lowest BCUT2D eigenvalue weighted by Gasteiger charge is -2.07. The van der Waals surface area contributed by atoms with Crippen LogP contribution in [0.1, 0.15) is 20.8 Å². The molecule has 1 heterocycles. The Kier molecular flexibility index (Phi) is 5.43.